The molecule has 3 N–H and O–H groups in total. The number of nitrogens with one attached hydrogen (secondary N) is 1. The summed E-state index contributed by atoms with van der Waals surface area (Å²) in [6, 6.07) is 4.99. The van der Waals surface area contributed by atoms with Gasteiger partial charge in [-0.15, -0.1) is 0 Å². The third-order valence-electron chi connectivity index (χ3n) is 3.49. The van der Waals surface area contributed by atoms with Crippen LogP contribution in [-0.4, -0.2) is 29.9 Å². The molecule has 3 amide bonds. The van der Waals surface area contributed by atoms with E-state index in [0.717, 1.165) is 18.4 Å². The number of benzene rings is 1. The first-order valence-corrected chi connectivity index (χ1v) is 6.96. The van der Waals surface area contributed by atoms with E-state index in [0.29, 0.717) is 23.8 Å². The van der Waals surface area contributed by atoms with E-state index in [-0.39, 0.29) is 11.8 Å². The number of hydrogen-bond donors (Lipinski definition) is 2. The van der Waals surface area contributed by atoms with Gasteiger partial charge in [-0.25, -0.2) is 4.79 Å². The highest BCUT2D eigenvalue weighted by molar-refractivity contribution is 6.33. The summed E-state index contributed by atoms with van der Waals surface area (Å²) in [7, 11) is 0. The fourth-order valence-electron chi connectivity index (χ4n) is 2.35. The number of nitrogens with two attached hydrogens (primary N) is 1. The Hall–Kier alpha value is -1.75. The molecular weight excluding hydrogens is 278 g/mol. The van der Waals surface area contributed by atoms with Crippen molar-refractivity contribution in [2.45, 2.75) is 19.8 Å². The number of amides is 3. The maximum absolute atomic E-state index is 12.2. The molecule has 1 aromatic carbocycles. The third kappa shape index (κ3) is 3.42. The predicted octanol–water partition coefficient (Wildman–Crippen LogP) is 2.38. The molecule has 6 heteroatoms. The summed E-state index contributed by atoms with van der Waals surface area (Å²) in [5, 5.41) is 3.33. The number of halogens is 1. The van der Waals surface area contributed by atoms with Gasteiger partial charge in [-0.1, -0.05) is 17.7 Å². The SMILES string of the molecule is Cc1ccc(NC(=O)C2CCCN(C(N)=O)C2)c(Cl)c1. The van der Waals surface area contributed by atoms with Crippen LogP contribution in [0.2, 0.25) is 5.02 Å². The van der Waals surface area contributed by atoms with Crippen LogP contribution in [0.1, 0.15) is 18.4 Å². The maximum atomic E-state index is 12.2. The van der Waals surface area contributed by atoms with Crippen molar-refractivity contribution in [2.75, 3.05) is 18.4 Å². The number of anilines is 1. The summed E-state index contributed by atoms with van der Waals surface area (Å²) < 4.78 is 0. The van der Waals surface area contributed by atoms with Crippen LogP contribution in [0.25, 0.3) is 0 Å². The van der Waals surface area contributed by atoms with E-state index in [4.69, 9.17) is 17.3 Å². The van der Waals surface area contributed by atoms with Crippen molar-refractivity contribution in [1.82, 2.24) is 4.90 Å². The highest BCUT2D eigenvalue weighted by Crippen LogP contribution is 2.25. The van der Waals surface area contributed by atoms with Gasteiger partial charge in [0.2, 0.25) is 5.91 Å². The van der Waals surface area contributed by atoms with E-state index in [1.807, 2.05) is 13.0 Å². The van der Waals surface area contributed by atoms with Crippen LogP contribution in [0.3, 0.4) is 0 Å². The number of urea groups is 1. The van der Waals surface area contributed by atoms with E-state index < -0.39 is 6.03 Å². The first-order chi connectivity index (χ1) is 9.47. The van der Waals surface area contributed by atoms with Crippen LogP contribution in [-0.2, 0) is 4.79 Å². The minimum Gasteiger partial charge on any atom is -0.351 e. The Kier molecular flexibility index (Phi) is 4.49. The lowest BCUT2D eigenvalue weighted by molar-refractivity contribution is -0.121. The van der Waals surface area contributed by atoms with Gasteiger partial charge in [-0.2, -0.15) is 0 Å². The number of nitrogens with zero attached hydrogens (tertiary/aromatic N) is 1. The molecule has 0 radical (unpaired) electrons. The zero-order valence-electron chi connectivity index (χ0n) is 11.4. The van der Waals surface area contributed by atoms with E-state index in [1.54, 1.807) is 12.1 Å². The van der Waals surface area contributed by atoms with Crippen molar-refractivity contribution in [2.24, 2.45) is 11.7 Å². The molecule has 1 atom stereocenters. The molecule has 0 aromatic heterocycles. The number of carbonyl (C=O) groups excluding carboxylic acids is 2. The lowest BCUT2D eigenvalue weighted by Crippen LogP contribution is -2.46. The van der Waals surface area contributed by atoms with Crippen LogP contribution in [0.15, 0.2) is 18.2 Å². The Bertz CT molecular complexity index is 533. The zero-order valence-corrected chi connectivity index (χ0v) is 12.1. The predicted molar refractivity (Wildman–Crippen MR) is 78.7 cm³/mol. The number of primary amides is 1. The molecule has 1 fully saturated rings. The Balaban J connectivity index is 2.02. The van der Waals surface area contributed by atoms with Gasteiger partial charge in [0.15, 0.2) is 0 Å². The Morgan fingerprint density at radius 1 is 1.45 bits per heavy atom. The van der Waals surface area contributed by atoms with Crippen molar-refractivity contribution in [3.8, 4) is 0 Å². The van der Waals surface area contributed by atoms with E-state index in [1.165, 1.54) is 4.90 Å². The summed E-state index contributed by atoms with van der Waals surface area (Å²) in [5.74, 6) is -0.365. The van der Waals surface area contributed by atoms with Gasteiger partial charge in [-0.3, -0.25) is 4.79 Å². The number of rotatable bonds is 2. The first kappa shape index (κ1) is 14.7. The van der Waals surface area contributed by atoms with Crippen molar-refractivity contribution >= 4 is 29.2 Å². The van der Waals surface area contributed by atoms with Gasteiger partial charge in [0.05, 0.1) is 16.6 Å². The second kappa shape index (κ2) is 6.13. The minimum atomic E-state index is -0.476. The third-order valence-corrected chi connectivity index (χ3v) is 3.80. The van der Waals surface area contributed by atoms with Gasteiger partial charge >= 0.3 is 6.03 Å². The quantitative estimate of drug-likeness (QED) is 0.879. The summed E-state index contributed by atoms with van der Waals surface area (Å²) in [6.07, 6.45) is 1.53. The lowest BCUT2D eigenvalue weighted by atomic mass is 9.97. The number of hydrogen-bond acceptors (Lipinski definition) is 2. The highest BCUT2D eigenvalue weighted by Gasteiger charge is 2.27. The Labute approximate surface area is 123 Å². The second-order valence-corrected chi connectivity index (χ2v) is 5.50. The average Bonchev–Trinajstić information content (AvgIpc) is 2.42. The Morgan fingerprint density at radius 3 is 2.85 bits per heavy atom. The van der Waals surface area contributed by atoms with Crippen molar-refractivity contribution < 1.29 is 9.59 Å². The number of piperidine rings is 1. The zero-order chi connectivity index (χ0) is 14.7. The molecule has 108 valence electrons. The monoisotopic (exact) mass is 295 g/mol. The standard InChI is InChI=1S/C14H18ClN3O2/c1-9-4-5-12(11(15)7-9)17-13(19)10-3-2-6-18(8-10)14(16)20/h4-5,7,10H,2-3,6,8H2,1H3,(H2,16,20)(H,17,19). The largest absolute Gasteiger partial charge is 0.351 e. The molecule has 2 rings (SSSR count). The first-order valence-electron chi connectivity index (χ1n) is 6.59. The molecule has 0 spiro atoms. The molecular formula is C14H18ClN3O2. The maximum Gasteiger partial charge on any atom is 0.314 e. The smallest absolute Gasteiger partial charge is 0.314 e. The van der Waals surface area contributed by atoms with E-state index in [2.05, 4.69) is 5.32 Å². The molecule has 0 aliphatic carbocycles. The van der Waals surface area contributed by atoms with Crippen LogP contribution < -0.4 is 11.1 Å². The summed E-state index contributed by atoms with van der Waals surface area (Å²) >= 11 is 6.09. The molecule has 1 aliphatic rings. The van der Waals surface area contributed by atoms with Gasteiger partial charge in [0, 0.05) is 13.1 Å². The molecule has 1 heterocycles. The normalized spacial score (nSPS) is 18.7. The van der Waals surface area contributed by atoms with Gasteiger partial charge in [-0.05, 0) is 37.5 Å². The fraction of sp³-hybridized carbons (Fsp3) is 0.429. The number of likely N-dealkylation sites (tertiary alicyclic amines) is 1. The molecule has 0 bridgehead atoms. The molecule has 5 nitrogen and oxygen atoms in total. The summed E-state index contributed by atoms with van der Waals surface area (Å²) in [5.41, 5.74) is 6.89. The minimum absolute atomic E-state index is 0.123. The topological polar surface area (TPSA) is 75.4 Å². The van der Waals surface area contributed by atoms with Gasteiger partial charge in [0.1, 0.15) is 0 Å². The molecule has 20 heavy (non-hydrogen) atoms. The van der Waals surface area contributed by atoms with Crippen LogP contribution in [0.5, 0.6) is 0 Å². The second-order valence-electron chi connectivity index (χ2n) is 5.10. The molecule has 1 unspecified atom stereocenters. The molecule has 1 aliphatic heterocycles. The van der Waals surface area contributed by atoms with Gasteiger partial charge < -0.3 is 16.0 Å². The van der Waals surface area contributed by atoms with Gasteiger partial charge in [0.25, 0.3) is 0 Å². The van der Waals surface area contributed by atoms with Crippen LogP contribution in [0, 0.1) is 12.8 Å². The Morgan fingerprint density at radius 2 is 2.20 bits per heavy atom. The molecule has 0 saturated carbocycles. The molecule has 1 aromatic rings. The van der Waals surface area contributed by atoms with Crippen LogP contribution in [0.4, 0.5) is 10.5 Å². The highest BCUT2D eigenvalue weighted by atomic mass is 35.5. The molecule has 1 saturated heterocycles. The van der Waals surface area contributed by atoms with Crippen molar-refractivity contribution in [3.05, 3.63) is 28.8 Å². The van der Waals surface area contributed by atoms with E-state index in [9.17, 15) is 9.59 Å². The average molecular weight is 296 g/mol. The number of aryl methyl sites for hydroxylation is 1. The van der Waals surface area contributed by atoms with E-state index >= 15 is 0 Å². The summed E-state index contributed by atoms with van der Waals surface area (Å²) in [4.78, 5) is 24.9. The lowest BCUT2D eigenvalue weighted by Gasteiger charge is -2.30. The number of carbonyl (C=O) groups is 2. The summed E-state index contributed by atoms with van der Waals surface area (Å²) in [6.45, 7) is 2.92. The van der Waals surface area contributed by atoms with Crippen molar-refractivity contribution in [1.29, 1.82) is 0 Å². The fourth-order valence-corrected chi connectivity index (χ4v) is 2.63. The van der Waals surface area contributed by atoms with Crippen molar-refractivity contribution in [3.63, 3.8) is 0 Å². The van der Waals surface area contributed by atoms with Crippen LogP contribution >= 0.6 is 11.6 Å².